The number of non-ortho nitro benzene ring substituents is 2. The smallest absolute Gasteiger partial charge is 0.277 e. The SMILES string of the molecule is O=C(c1cc([N+](=O)[O-])cc([N+](=O)[O-])c1)N1CC[C@@H](Oc2ccc(F)cc2)C1. The number of likely N-dealkylation sites (tertiary alicyclic amines) is 1. The van der Waals surface area contributed by atoms with Crippen LogP contribution in [-0.4, -0.2) is 39.8 Å². The molecule has 1 atom stereocenters. The molecule has 0 N–H and O–H groups in total. The van der Waals surface area contributed by atoms with Crippen molar-refractivity contribution in [3.05, 3.63) is 74.1 Å². The van der Waals surface area contributed by atoms with Crippen LogP contribution in [0.25, 0.3) is 0 Å². The first-order valence-corrected chi connectivity index (χ1v) is 7.99. The largest absolute Gasteiger partial charge is 0.489 e. The van der Waals surface area contributed by atoms with Gasteiger partial charge in [0.05, 0.1) is 28.0 Å². The second kappa shape index (κ2) is 7.36. The number of amides is 1. The summed E-state index contributed by atoms with van der Waals surface area (Å²) in [6.45, 7) is 0.549. The van der Waals surface area contributed by atoms with Gasteiger partial charge in [0.2, 0.25) is 0 Å². The Kier molecular flexibility index (Phi) is 4.97. The van der Waals surface area contributed by atoms with Gasteiger partial charge in [0, 0.05) is 25.1 Å². The van der Waals surface area contributed by atoms with Gasteiger partial charge in [-0.3, -0.25) is 25.0 Å². The third-order valence-electron chi connectivity index (χ3n) is 4.12. The van der Waals surface area contributed by atoms with Gasteiger partial charge < -0.3 is 9.64 Å². The Morgan fingerprint density at radius 2 is 1.67 bits per heavy atom. The number of hydrogen-bond donors (Lipinski definition) is 0. The van der Waals surface area contributed by atoms with Crippen molar-refractivity contribution in [2.45, 2.75) is 12.5 Å². The Hall–Kier alpha value is -3.56. The summed E-state index contributed by atoms with van der Waals surface area (Å²) in [7, 11) is 0. The fourth-order valence-electron chi connectivity index (χ4n) is 2.83. The van der Waals surface area contributed by atoms with Gasteiger partial charge in [0.15, 0.2) is 0 Å². The molecule has 9 nitrogen and oxygen atoms in total. The highest BCUT2D eigenvalue weighted by molar-refractivity contribution is 5.95. The Labute approximate surface area is 152 Å². The fourth-order valence-corrected chi connectivity index (χ4v) is 2.83. The minimum Gasteiger partial charge on any atom is -0.489 e. The molecule has 0 aliphatic carbocycles. The van der Waals surface area contributed by atoms with E-state index in [0.29, 0.717) is 18.7 Å². The second-order valence-corrected chi connectivity index (χ2v) is 5.99. The fraction of sp³-hybridized carbons (Fsp3) is 0.235. The maximum absolute atomic E-state index is 12.9. The molecule has 10 heteroatoms. The van der Waals surface area contributed by atoms with Crippen molar-refractivity contribution >= 4 is 17.3 Å². The number of rotatable bonds is 5. The highest BCUT2D eigenvalue weighted by Crippen LogP contribution is 2.25. The van der Waals surface area contributed by atoms with E-state index in [1.54, 1.807) is 0 Å². The van der Waals surface area contributed by atoms with Crippen molar-refractivity contribution in [2.75, 3.05) is 13.1 Å². The third kappa shape index (κ3) is 4.17. The monoisotopic (exact) mass is 375 g/mol. The predicted octanol–water partition coefficient (Wildman–Crippen LogP) is 2.94. The zero-order valence-corrected chi connectivity index (χ0v) is 13.9. The highest BCUT2D eigenvalue weighted by Gasteiger charge is 2.30. The Balaban J connectivity index is 1.74. The molecule has 2 aromatic rings. The van der Waals surface area contributed by atoms with E-state index in [1.807, 2.05) is 0 Å². The topological polar surface area (TPSA) is 116 Å². The van der Waals surface area contributed by atoms with Gasteiger partial charge in [-0.25, -0.2) is 4.39 Å². The number of ether oxygens (including phenoxy) is 1. The van der Waals surface area contributed by atoms with Crippen LogP contribution >= 0.6 is 0 Å². The van der Waals surface area contributed by atoms with Gasteiger partial charge in [-0.2, -0.15) is 0 Å². The van der Waals surface area contributed by atoms with E-state index in [9.17, 15) is 29.4 Å². The lowest BCUT2D eigenvalue weighted by molar-refractivity contribution is -0.394. The zero-order valence-electron chi connectivity index (χ0n) is 13.9. The molecule has 0 aromatic heterocycles. The van der Waals surface area contributed by atoms with Crippen molar-refractivity contribution in [1.82, 2.24) is 4.90 Å². The summed E-state index contributed by atoms with van der Waals surface area (Å²) in [5.74, 6) is -0.480. The lowest BCUT2D eigenvalue weighted by Crippen LogP contribution is -2.31. The van der Waals surface area contributed by atoms with Gasteiger partial charge in [-0.1, -0.05) is 0 Å². The molecule has 1 saturated heterocycles. The molecule has 0 bridgehead atoms. The van der Waals surface area contributed by atoms with Crippen LogP contribution in [0.15, 0.2) is 42.5 Å². The minimum absolute atomic E-state index is 0.127. The summed E-state index contributed by atoms with van der Waals surface area (Å²) in [5.41, 5.74) is -1.17. The molecule has 1 amide bonds. The zero-order chi connectivity index (χ0) is 19.6. The second-order valence-electron chi connectivity index (χ2n) is 5.99. The summed E-state index contributed by atoms with van der Waals surface area (Å²) in [5, 5.41) is 21.9. The summed E-state index contributed by atoms with van der Waals surface area (Å²) in [6.07, 6.45) is 0.188. The molecule has 1 fully saturated rings. The molecule has 1 aliphatic rings. The molecule has 1 heterocycles. The third-order valence-corrected chi connectivity index (χ3v) is 4.12. The standard InChI is InChI=1S/C17H14FN3O6/c18-12-1-3-15(4-2-12)27-16-5-6-19(10-16)17(22)11-7-13(20(23)24)9-14(8-11)21(25)26/h1-4,7-9,16H,5-6,10H2/t16-/m1/s1. The number of carbonyl (C=O) groups excluding carboxylic acids is 1. The van der Waals surface area contributed by atoms with Crippen LogP contribution in [0.2, 0.25) is 0 Å². The van der Waals surface area contributed by atoms with Crippen molar-refractivity contribution in [1.29, 1.82) is 0 Å². The molecule has 1 aliphatic heterocycles. The average Bonchev–Trinajstić information content (AvgIpc) is 3.11. The van der Waals surface area contributed by atoms with Crippen LogP contribution in [-0.2, 0) is 0 Å². The summed E-state index contributed by atoms with van der Waals surface area (Å²) in [4.78, 5) is 34.4. The van der Waals surface area contributed by atoms with Crippen LogP contribution in [0.1, 0.15) is 16.8 Å². The quantitative estimate of drug-likeness (QED) is 0.586. The maximum atomic E-state index is 12.9. The lowest BCUT2D eigenvalue weighted by atomic mass is 10.1. The molecule has 3 rings (SSSR count). The van der Waals surface area contributed by atoms with Gasteiger partial charge in [-0.05, 0) is 24.3 Å². The van der Waals surface area contributed by atoms with Crippen LogP contribution in [0.4, 0.5) is 15.8 Å². The number of benzene rings is 2. The predicted molar refractivity (Wildman–Crippen MR) is 91.1 cm³/mol. The van der Waals surface area contributed by atoms with Crippen LogP contribution in [0.3, 0.4) is 0 Å². The van der Waals surface area contributed by atoms with Gasteiger partial charge in [-0.15, -0.1) is 0 Å². The summed E-state index contributed by atoms with van der Waals surface area (Å²) in [6, 6.07) is 8.31. The number of halogens is 1. The molecule has 0 saturated carbocycles. The number of carbonyl (C=O) groups is 1. The number of hydrogen-bond acceptors (Lipinski definition) is 6. The average molecular weight is 375 g/mol. The van der Waals surface area contributed by atoms with E-state index >= 15 is 0 Å². The molecular formula is C17H14FN3O6. The lowest BCUT2D eigenvalue weighted by Gasteiger charge is -2.17. The normalized spacial score (nSPS) is 16.2. The van der Waals surface area contributed by atoms with Crippen molar-refractivity contribution < 1.29 is 23.8 Å². The molecule has 0 unspecified atom stereocenters. The van der Waals surface area contributed by atoms with Crippen molar-refractivity contribution in [3.8, 4) is 5.75 Å². The van der Waals surface area contributed by atoms with Crippen molar-refractivity contribution in [3.63, 3.8) is 0 Å². The first-order chi connectivity index (χ1) is 12.8. The summed E-state index contributed by atoms with van der Waals surface area (Å²) >= 11 is 0. The maximum Gasteiger partial charge on any atom is 0.277 e. The van der Waals surface area contributed by atoms with E-state index in [2.05, 4.69) is 0 Å². The van der Waals surface area contributed by atoms with Gasteiger partial charge in [0.1, 0.15) is 17.7 Å². The molecule has 27 heavy (non-hydrogen) atoms. The van der Waals surface area contributed by atoms with E-state index in [4.69, 9.17) is 4.74 Å². The Morgan fingerprint density at radius 1 is 1.07 bits per heavy atom. The number of nitro groups is 2. The first-order valence-electron chi connectivity index (χ1n) is 7.99. The molecular weight excluding hydrogens is 361 g/mol. The van der Waals surface area contributed by atoms with E-state index in [-0.39, 0.29) is 18.2 Å². The minimum atomic E-state index is -0.784. The van der Waals surface area contributed by atoms with Crippen LogP contribution in [0, 0.1) is 26.0 Å². The van der Waals surface area contributed by atoms with Crippen LogP contribution in [0.5, 0.6) is 5.75 Å². The molecule has 0 radical (unpaired) electrons. The van der Waals surface area contributed by atoms with Gasteiger partial charge in [0.25, 0.3) is 17.3 Å². The van der Waals surface area contributed by atoms with Gasteiger partial charge >= 0.3 is 0 Å². The Morgan fingerprint density at radius 3 is 2.22 bits per heavy atom. The van der Waals surface area contributed by atoms with E-state index in [0.717, 1.165) is 18.2 Å². The Bertz CT molecular complexity index is 870. The van der Waals surface area contributed by atoms with E-state index in [1.165, 1.54) is 29.2 Å². The van der Waals surface area contributed by atoms with E-state index < -0.39 is 32.9 Å². The number of nitrogens with zero attached hydrogens (tertiary/aromatic N) is 3. The molecule has 2 aromatic carbocycles. The van der Waals surface area contributed by atoms with Crippen molar-refractivity contribution in [2.24, 2.45) is 0 Å². The molecule has 140 valence electrons. The summed E-state index contributed by atoms with van der Waals surface area (Å²) < 4.78 is 18.6. The number of nitro benzene ring substituents is 2. The van der Waals surface area contributed by atoms with Crippen LogP contribution < -0.4 is 4.74 Å². The molecule has 0 spiro atoms. The first kappa shape index (κ1) is 18.2. The highest BCUT2D eigenvalue weighted by atomic mass is 19.1.